The first-order valence-corrected chi connectivity index (χ1v) is 9.34. The number of carbonyl (C=O) groups excluding carboxylic acids is 3. The molecule has 2 amide bonds. The van der Waals surface area contributed by atoms with Crippen LogP contribution in [0.15, 0.2) is 30.3 Å². The van der Waals surface area contributed by atoms with E-state index in [1.165, 1.54) is 4.90 Å². The number of hydrogen-bond donors (Lipinski definition) is 1. The van der Waals surface area contributed by atoms with Gasteiger partial charge < -0.3 is 19.5 Å². The van der Waals surface area contributed by atoms with Crippen molar-refractivity contribution in [3.63, 3.8) is 0 Å². The molecule has 2 rings (SSSR count). The Bertz CT molecular complexity index is 686. The summed E-state index contributed by atoms with van der Waals surface area (Å²) in [4.78, 5) is 38.4. The lowest BCUT2D eigenvalue weighted by Gasteiger charge is -2.29. The quantitative estimate of drug-likeness (QED) is 0.612. The lowest BCUT2D eigenvalue weighted by atomic mass is 10.1. The van der Waals surface area contributed by atoms with Crippen molar-refractivity contribution in [2.75, 3.05) is 13.2 Å². The maximum absolute atomic E-state index is 12.5. The van der Waals surface area contributed by atoms with E-state index in [0.29, 0.717) is 6.42 Å². The molecule has 0 aliphatic carbocycles. The van der Waals surface area contributed by atoms with Gasteiger partial charge in [-0.1, -0.05) is 30.3 Å². The molecule has 0 saturated carbocycles. The summed E-state index contributed by atoms with van der Waals surface area (Å²) in [6.45, 7) is 7.47. The first kappa shape index (κ1) is 21.5. The van der Waals surface area contributed by atoms with E-state index in [0.717, 1.165) is 5.56 Å². The molecule has 1 aliphatic rings. The van der Waals surface area contributed by atoms with Crippen LogP contribution >= 0.6 is 0 Å². The molecule has 0 bridgehead atoms. The molecule has 1 aromatic rings. The summed E-state index contributed by atoms with van der Waals surface area (Å²) >= 11 is 0. The number of hydrogen-bond acceptors (Lipinski definition) is 6. The van der Waals surface area contributed by atoms with Crippen LogP contribution in [-0.2, 0) is 25.6 Å². The standard InChI is InChI=1S/C20H28N2O6/c1-5-26-17(23)16-15(11-12-22(16)19(25)28-20(2,3)4)21-18(24)27-13-14-9-7-6-8-10-14/h6-10,15-16H,5,11-13H2,1-4H3,(H,21,24)/t15-,16-/m1/s1. The van der Waals surface area contributed by atoms with E-state index >= 15 is 0 Å². The highest BCUT2D eigenvalue weighted by Gasteiger charge is 2.45. The Hall–Kier alpha value is -2.77. The highest BCUT2D eigenvalue weighted by Crippen LogP contribution is 2.23. The van der Waals surface area contributed by atoms with Crippen LogP contribution in [-0.4, -0.2) is 53.9 Å². The topological polar surface area (TPSA) is 94.2 Å². The van der Waals surface area contributed by atoms with Gasteiger partial charge in [-0.25, -0.2) is 14.4 Å². The van der Waals surface area contributed by atoms with Crippen LogP contribution in [0.2, 0.25) is 0 Å². The second-order valence-corrected chi connectivity index (χ2v) is 7.47. The summed E-state index contributed by atoms with van der Waals surface area (Å²) in [6, 6.07) is 7.68. The molecule has 154 valence electrons. The summed E-state index contributed by atoms with van der Waals surface area (Å²) in [7, 11) is 0. The Labute approximate surface area is 165 Å². The second kappa shape index (κ2) is 9.43. The molecule has 1 heterocycles. The van der Waals surface area contributed by atoms with E-state index in [1.54, 1.807) is 27.7 Å². The average Bonchev–Trinajstić information content (AvgIpc) is 3.03. The van der Waals surface area contributed by atoms with Gasteiger partial charge in [0.05, 0.1) is 12.6 Å². The van der Waals surface area contributed by atoms with E-state index < -0.39 is 35.8 Å². The molecule has 8 heteroatoms. The lowest BCUT2D eigenvalue weighted by Crippen LogP contribution is -2.52. The molecular formula is C20H28N2O6. The molecule has 2 atom stereocenters. The van der Waals surface area contributed by atoms with E-state index in [9.17, 15) is 14.4 Å². The maximum atomic E-state index is 12.5. The van der Waals surface area contributed by atoms with Gasteiger partial charge in [-0.3, -0.25) is 4.90 Å². The number of amides is 2. The summed E-state index contributed by atoms with van der Waals surface area (Å²) in [5, 5.41) is 2.67. The highest BCUT2D eigenvalue weighted by molar-refractivity contribution is 5.84. The Morgan fingerprint density at radius 1 is 1.14 bits per heavy atom. The van der Waals surface area contributed by atoms with Gasteiger partial charge in [0.1, 0.15) is 12.2 Å². The minimum absolute atomic E-state index is 0.110. The third kappa shape index (κ3) is 6.14. The Morgan fingerprint density at radius 2 is 1.82 bits per heavy atom. The number of alkyl carbamates (subject to hydrolysis) is 1. The van der Waals surface area contributed by atoms with Crippen molar-refractivity contribution in [3.8, 4) is 0 Å². The molecule has 0 radical (unpaired) electrons. The number of nitrogens with zero attached hydrogens (tertiary/aromatic N) is 1. The second-order valence-electron chi connectivity index (χ2n) is 7.47. The van der Waals surface area contributed by atoms with E-state index in [-0.39, 0.29) is 19.8 Å². The maximum Gasteiger partial charge on any atom is 0.411 e. The predicted molar refractivity (Wildman–Crippen MR) is 102 cm³/mol. The number of rotatable bonds is 5. The SMILES string of the molecule is CCOC(=O)[C@H]1[C@H](NC(=O)OCc2ccccc2)CCN1C(=O)OC(C)(C)C. The molecule has 28 heavy (non-hydrogen) atoms. The summed E-state index contributed by atoms with van der Waals surface area (Å²) < 4.78 is 15.7. The summed E-state index contributed by atoms with van der Waals surface area (Å²) in [6.07, 6.45) is -0.884. The molecule has 1 fully saturated rings. The van der Waals surface area contributed by atoms with E-state index in [1.807, 2.05) is 30.3 Å². The third-order valence-corrected chi connectivity index (χ3v) is 4.07. The normalized spacial score (nSPS) is 19.1. The Kier molecular flexibility index (Phi) is 7.25. The molecule has 0 unspecified atom stereocenters. The molecule has 1 saturated heterocycles. The lowest BCUT2D eigenvalue weighted by molar-refractivity contribution is -0.148. The summed E-state index contributed by atoms with van der Waals surface area (Å²) in [5.41, 5.74) is 0.151. The van der Waals surface area contributed by atoms with E-state index in [4.69, 9.17) is 14.2 Å². The van der Waals surface area contributed by atoms with Crippen molar-refractivity contribution in [1.29, 1.82) is 0 Å². The van der Waals surface area contributed by atoms with Gasteiger partial charge in [0.25, 0.3) is 0 Å². The third-order valence-electron chi connectivity index (χ3n) is 4.07. The minimum atomic E-state index is -0.959. The zero-order chi connectivity index (χ0) is 20.7. The fourth-order valence-corrected chi connectivity index (χ4v) is 2.90. The number of carbonyl (C=O) groups is 3. The smallest absolute Gasteiger partial charge is 0.411 e. The number of likely N-dealkylation sites (tertiary alicyclic amines) is 1. The fourth-order valence-electron chi connectivity index (χ4n) is 2.90. The number of esters is 1. The molecule has 1 aromatic carbocycles. The Balaban J connectivity index is 2.02. The van der Waals surface area contributed by atoms with Gasteiger partial charge >= 0.3 is 18.2 Å². The van der Waals surface area contributed by atoms with Crippen LogP contribution in [0.1, 0.15) is 39.7 Å². The van der Waals surface area contributed by atoms with Crippen LogP contribution in [0.5, 0.6) is 0 Å². The number of benzene rings is 1. The van der Waals surface area contributed by atoms with Gasteiger partial charge in [-0.05, 0) is 39.7 Å². The molecule has 8 nitrogen and oxygen atoms in total. The van der Waals surface area contributed by atoms with Gasteiger partial charge in [-0.2, -0.15) is 0 Å². The van der Waals surface area contributed by atoms with Crippen LogP contribution in [0.25, 0.3) is 0 Å². The zero-order valence-corrected chi connectivity index (χ0v) is 16.8. The first-order chi connectivity index (χ1) is 13.2. The molecule has 0 spiro atoms. The van der Waals surface area contributed by atoms with Crippen LogP contribution in [0.4, 0.5) is 9.59 Å². The number of ether oxygens (including phenoxy) is 3. The van der Waals surface area contributed by atoms with Crippen molar-refractivity contribution < 1.29 is 28.6 Å². The predicted octanol–water partition coefficient (Wildman–Crippen LogP) is 2.85. The highest BCUT2D eigenvalue weighted by atomic mass is 16.6. The van der Waals surface area contributed by atoms with Crippen molar-refractivity contribution in [2.24, 2.45) is 0 Å². The molecular weight excluding hydrogens is 364 g/mol. The van der Waals surface area contributed by atoms with Gasteiger partial charge in [0, 0.05) is 6.54 Å². The molecule has 1 aliphatic heterocycles. The molecule has 1 N–H and O–H groups in total. The minimum Gasteiger partial charge on any atom is -0.464 e. The van der Waals surface area contributed by atoms with E-state index in [2.05, 4.69) is 5.32 Å². The average molecular weight is 392 g/mol. The largest absolute Gasteiger partial charge is 0.464 e. The monoisotopic (exact) mass is 392 g/mol. The van der Waals surface area contributed by atoms with Crippen molar-refractivity contribution in [3.05, 3.63) is 35.9 Å². The summed E-state index contributed by atoms with van der Waals surface area (Å²) in [5.74, 6) is -0.584. The first-order valence-electron chi connectivity index (χ1n) is 9.34. The van der Waals surface area contributed by atoms with Crippen molar-refractivity contribution in [2.45, 2.75) is 58.4 Å². The zero-order valence-electron chi connectivity index (χ0n) is 16.8. The van der Waals surface area contributed by atoms with Crippen LogP contribution < -0.4 is 5.32 Å². The molecule has 0 aromatic heterocycles. The van der Waals surface area contributed by atoms with Crippen LogP contribution in [0.3, 0.4) is 0 Å². The fraction of sp³-hybridized carbons (Fsp3) is 0.550. The van der Waals surface area contributed by atoms with Gasteiger partial charge in [0.15, 0.2) is 6.04 Å². The van der Waals surface area contributed by atoms with Gasteiger partial charge in [0.2, 0.25) is 0 Å². The van der Waals surface area contributed by atoms with Gasteiger partial charge in [-0.15, -0.1) is 0 Å². The van der Waals surface area contributed by atoms with Crippen molar-refractivity contribution in [1.82, 2.24) is 10.2 Å². The Morgan fingerprint density at radius 3 is 2.43 bits per heavy atom. The number of nitrogens with one attached hydrogen (secondary N) is 1. The van der Waals surface area contributed by atoms with Crippen molar-refractivity contribution >= 4 is 18.2 Å². The van der Waals surface area contributed by atoms with Crippen LogP contribution in [0, 0.1) is 0 Å².